The van der Waals surface area contributed by atoms with E-state index in [1.54, 1.807) is 19.2 Å². The molecule has 0 unspecified atom stereocenters. The number of halogens is 2. The summed E-state index contributed by atoms with van der Waals surface area (Å²) in [6.07, 6.45) is 2.73. The number of rotatable bonds is 5. The summed E-state index contributed by atoms with van der Waals surface area (Å²) < 4.78 is 5.26. The van der Waals surface area contributed by atoms with E-state index in [2.05, 4.69) is 16.8 Å². The average Bonchev–Trinajstić information content (AvgIpc) is 2.47. The lowest BCUT2D eigenvalue weighted by Crippen LogP contribution is -2.45. The van der Waals surface area contributed by atoms with E-state index in [0.29, 0.717) is 5.75 Å². The molecule has 1 aliphatic heterocycles. The molecule has 0 spiro atoms. The normalized spacial score (nSPS) is 16.2. The third-order valence-electron chi connectivity index (χ3n) is 3.58. The minimum atomic E-state index is 0. The van der Waals surface area contributed by atoms with Gasteiger partial charge >= 0.3 is 0 Å². The maximum atomic E-state index is 10.1. The molecule has 1 aliphatic rings. The number of methoxy groups -OCH3 is 1. The molecule has 1 aromatic rings. The van der Waals surface area contributed by atoms with Gasteiger partial charge in [0.2, 0.25) is 0 Å². The molecule has 0 saturated carbocycles. The molecule has 120 valence electrons. The number of nitrogens with zero attached hydrogens (tertiary/aromatic N) is 1. The monoisotopic (exact) mass is 334 g/mol. The van der Waals surface area contributed by atoms with Crippen LogP contribution in [0.3, 0.4) is 0 Å². The van der Waals surface area contributed by atoms with Gasteiger partial charge in [0.25, 0.3) is 0 Å². The number of ether oxygens (including phenoxy) is 1. The predicted molar refractivity (Wildman–Crippen MR) is 91.2 cm³/mol. The van der Waals surface area contributed by atoms with Gasteiger partial charge in [-0.1, -0.05) is 6.08 Å². The second-order valence-corrected chi connectivity index (χ2v) is 4.75. The van der Waals surface area contributed by atoms with Crippen molar-refractivity contribution >= 4 is 24.8 Å². The summed E-state index contributed by atoms with van der Waals surface area (Å²) in [5, 5.41) is 13.5. The summed E-state index contributed by atoms with van der Waals surface area (Å²) in [7, 11) is 1.64. The van der Waals surface area contributed by atoms with Gasteiger partial charge in [-0.15, -0.1) is 31.4 Å². The van der Waals surface area contributed by atoms with Crippen molar-refractivity contribution in [3.05, 3.63) is 36.4 Å². The van der Waals surface area contributed by atoms with E-state index in [9.17, 15) is 5.11 Å². The zero-order valence-electron chi connectivity index (χ0n) is 12.2. The van der Waals surface area contributed by atoms with Gasteiger partial charge in [0.1, 0.15) is 11.5 Å². The molecule has 1 aromatic carbocycles. The molecule has 2 rings (SSSR count). The summed E-state index contributed by atoms with van der Waals surface area (Å²) in [5.41, 5.74) is 0.918. The van der Waals surface area contributed by atoms with Crippen LogP contribution >= 0.6 is 24.8 Å². The summed E-state index contributed by atoms with van der Waals surface area (Å²) in [5.74, 6) is 1.10. The minimum Gasteiger partial charge on any atom is -0.508 e. The van der Waals surface area contributed by atoms with Crippen LogP contribution in [-0.4, -0.2) is 43.3 Å². The lowest BCUT2D eigenvalue weighted by atomic mass is 9.99. The molecule has 6 heteroatoms. The van der Waals surface area contributed by atoms with Gasteiger partial charge < -0.3 is 15.2 Å². The summed E-state index contributed by atoms with van der Waals surface area (Å²) in [6, 6.07) is 5.56. The Balaban J connectivity index is 0.00000200. The van der Waals surface area contributed by atoms with Crippen LogP contribution in [-0.2, 0) is 0 Å². The maximum Gasteiger partial charge on any atom is 0.120 e. The molecule has 0 radical (unpaired) electrons. The van der Waals surface area contributed by atoms with Crippen LogP contribution in [0.2, 0.25) is 0 Å². The van der Waals surface area contributed by atoms with Gasteiger partial charge in [-0.05, 0) is 24.6 Å². The van der Waals surface area contributed by atoms with Crippen LogP contribution in [0.15, 0.2) is 30.9 Å². The van der Waals surface area contributed by atoms with Crippen LogP contribution in [0.5, 0.6) is 11.5 Å². The molecule has 1 atom stereocenters. The van der Waals surface area contributed by atoms with Crippen LogP contribution in [0.4, 0.5) is 0 Å². The first-order valence-electron chi connectivity index (χ1n) is 6.69. The Morgan fingerprint density at radius 3 is 2.62 bits per heavy atom. The Labute approximate surface area is 139 Å². The molecule has 2 N–H and O–H groups in total. The number of aromatic hydroxyl groups is 1. The van der Waals surface area contributed by atoms with Crippen molar-refractivity contribution in [2.45, 2.75) is 12.5 Å². The van der Waals surface area contributed by atoms with E-state index in [1.807, 2.05) is 12.1 Å². The second-order valence-electron chi connectivity index (χ2n) is 4.75. The maximum absolute atomic E-state index is 10.1. The Morgan fingerprint density at radius 1 is 1.38 bits per heavy atom. The number of piperazine rings is 1. The zero-order chi connectivity index (χ0) is 13.7. The molecule has 1 saturated heterocycles. The second kappa shape index (κ2) is 9.90. The number of hydrogen-bond donors (Lipinski definition) is 2. The Bertz CT molecular complexity index is 438. The highest BCUT2D eigenvalue weighted by Crippen LogP contribution is 2.34. The van der Waals surface area contributed by atoms with Crippen molar-refractivity contribution in [2.75, 3.05) is 33.3 Å². The molecule has 1 heterocycles. The molecule has 4 nitrogen and oxygen atoms in total. The smallest absolute Gasteiger partial charge is 0.120 e. The fourth-order valence-corrected chi connectivity index (χ4v) is 2.55. The van der Waals surface area contributed by atoms with Gasteiger partial charge in [0.15, 0.2) is 0 Å². The topological polar surface area (TPSA) is 44.7 Å². The molecule has 0 bridgehead atoms. The Hall–Kier alpha value is -0.940. The van der Waals surface area contributed by atoms with E-state index in [1.165, 1.54) is 0 Å². The predicted octanol–water partition coefficient (Wildman–Crippen LogP) is 2.77. The molecule has 0 aromatic heterocycles. The quantitative estimate of drug-likeness (QED) is 0.813. The number of nitrogens with one attached hydrogen (secondary N) is 1. The average molecular weight is 335 g/mol. The van der Waals surface area contributed by atoms with Crippen molar-refractivity contribution in [1.82, 2.24) is 10.2 Å². The number of phenolic OH excluding ortho intramolecular Hbond substituents is 1. The summed E-state index contributed by atoms with van der Waals surface area (Å²) in [6.45, 7) is 7.77. The summed E-state index contributed by atoms with van der Waals surface area (Å²) in [4.78, 5) is 2.38. The van der Waals surface area contributed by atoms with Crippen LogP contribution in [0.1, 0.15) is 18.0 Å². The van der Waals surface area contributed by atoms with Gasteiger partial charge in [-0.3, -0.25) is 4.90 Å². The molecule has 0 amide bonds. The fraction of sp³-hybridized carbons (Fsp3) is 0.467. The van der Waals surface area contributed by atoms with E-state index < -0.39 is 0 Å². The minimum absolute atomic E-state index is 0. The van der Waals surface area contributed by atoms with Crippen molar-refractivity contribution in [2.24, 2.45) is 0 Å². The largest absolute Gasteiger partial charge is 0.508 e. The lowest BCUT2D eigenvalue weighted by Gasteiger charge is -2.35. The Morgan fingerprint density at radius 2 is 2.05 bits per heavy atom. The van der Waals surface area contributed by atoms with Crippen molar-refractivity contribution in [3.8, 4) is 11.5 Å². The highest BCUT2D eigenvalue weighted by atomic mass is 35.5. The first kappa shape index (κ1) is 20.1. The van der Waals surface area contributed by atoms with E-state index in [4.69, 9.17) is 4.74 Å². The summed E-state index contributed by atoms with van der Waals surface area (Å²) >= 11 is 0. The van der Waals surface area contributed by atoms with Crippen LogP contribution in [0.25, 0.3) is 0 Å². The van der Waals surface area contributed by atoms with Crippen molar-refractivity contribution < 1.29 is 9.84 Å². The number of phenols is 1. The van der Waals surface area contributed by atoms with Crippen molar-refractivity contribution in [1.29, 1.82) is 0 Å². The molecule has 1 fully saturated rings. The molecule has 21 heavy (non-hydrogen) atoms. The molecular formula is C15H24Cl2N2O2. The highest BCUT2D eigenvalue weighted by Gasteiger charge is 2.23. The fourth-order valence-electron chi connectivity index (χ4n) is 2.55. The van der Waals surface area contributed by atoms with Crippen LogP contribution < -0.4 is 10.1 Å². The molecular weight excluding hydrogens is 311 g/mol. The van der Waals surface area contributed by atoms with Gasteiger partial charge in [-0.25, -0.2) is 0 Å². The third kappa shape index (κ3) is 5.08. The third-order valence-corrected chi connectivity index (χ3v) is 3.58. The van der Waals surface area contributed by atoms with Gasteiger partial charge in [-0.2, -0.15) is 0 Å². The molecule has 0 aliphatic carbocycles. The standard InChI is InChI=1S/C15H22N2O2.2ClH/c1-3-4-14(17-9-7-16-8-10-17)13-11-12(19-2)5-6-15(13)18;;/h3,5-6,11,14,16,18H,1,4,7-10H2,2H3;2*1H/t14-;;/m0../s1. The van der Waals surface area contributed by atoms with Gasteiger partial charge in [0.05, 0.1) is 7.11 Å². The van der Waals surface area contributed by atoms with Gasteiger partial charge in [0, 0.05) is 37.8 Å². The SMILES string of the molecule is C=CC[C@@H](c1cc(OC)ccc1O)N1CCNCC1.Cl.Cl. The van der Waals surface area contributed by atoms with E-state index >= 15 is 0 Å². The zero-order valence-corrected chi connectivity index (χ0v) is 13.9. The lowest BCUT2D eigenvalue weighted by molar-refractivity contribution is 0.171. The number of hydrogen-bond acceptors (Lipinski definition) is 4. The van der Waals surface area contributed by atoms with E-state index in [0.717, 1.165) is 43.9 Å². The highest BCUT2D eigenvalue weighted by molar-refractivity contribution is 5.85. The Kier molecular flexibility index (Phi) is 9.46. The van der Waals surface area contributed by atoms with E-state index in [-0.39, 0.29) is 30.9 Å². The first-order chi connectivity index (χ1) is 9.26. The first-order valence-corrected chi connectivity index (χ1v) is 6.69. The number of benzene rings is 1. The van der Waals surface area contributed by atoms with Crippen LogP contribution in [0, 0.1) is 0 Å². The van der Waals surface area contributed by atoms with Crippen molar-refractivity contribution in [3.63, 3.8) is 0 Å².